The van der Waals surface area contributed by atoms with Gasteiger partial charge in [-0.1, -0.05) is 35.3 Å². The van der Waals surface area contributed by atoms with Crippen molar-refractivity contribution in [2.45, 2.75) is 17.6 Å². The summed E-state index contributed by atoms with van der Waals surface area (Å²) in [4.78, 5) is 11.5. The quantitative estimate of drug-likeness (QED) is 0.794. The maximum absolute atomic E-state index is 13.1. The van der Waals surface area contributed by atoms with Crippen LogP contribution in [0.1, 0.15) is 5.56 Å². The average Bonchev–Trinajstić information content (AvgIpc) is 2.56. The van der Waals surface area contributed by atoms with Gasteiger partial charge in [-0.2, -0.15) is 4.31 Å². The van der Waals surface area contributed by atoms with Crippen LogP contribution in [0, 0.1) is 0 Å². The first kappa shape index (κ1) is 18.8. The lowest BCUT2D eigenvalue weighted by Gasteiger charge is -2.35. The number of hydrogen-bond acceptors (Lipinski definition) is 5. The Morgan fingerprint density at radius 1 is 1.31 bits per heavy atom. The van der Waals surface area contributed by atoms with Gasteiger partial charge in [0.25, 0.3) is 0 Å². The summed E-state index contributed by atoms with van der Waals surface area (Å²) >= 11 is 12.0. The van der Waals surface area contributed by atoms with Crippen molar-refractivity contribution < 1.29 is 23.1 Å². The molecule has 1 unspecified atom stereocenters. The number of ether oxygens (including phenoxy) is 1. The highest BCUT2D eigenvalue weighted by atomic mass is 35.5. The largest absolute Gasteiger partial charge is 0.497 e. The molecule has 0 fully saturated rings. The number of nitrogens with one attached hydrogen (secondary N) is 1. The van der Waals surface area contributed by atoms with Crippen molar-refractivity contribution >= 4 is 44.9 Å². The first-order chi connectivity index (χ1) is 12.2. The number of carboxylic acid groups (broad SMARTS) is 1. The molecule has 26 heavy (non-hydrogen) atoms. The van der Waals surface area contributed by atoms with Gasteiger partial charge in [0.05, 0.1) is 17.8 Å². The summed E-state index contributed by atoms with van der Waals surface area (Å²) in [5, 5.41) is 12.3. The standard InChI is InChI=1S/C16H14Cl2N2O5S/c1-25-11-4-2-3-9(5-11)8-20-15(16(21)22)19-13-7-10(17)6-12(18)14(13)26(20,23)24/h2-7,15,19H,8H2,1H3,(H,21,22). The van der Waals surface area contributed by atoms with Gasteiger partial charge >= 0.3 is 5.97 Å². The minimum absolute atomic E-state index is 0.0526. The number of carbonyl (C=O) groups is 1. The number of rotatable bonds is 4. The fourth-order valence-corrected chi connectivity index (χ4v) is 5.18. The average molecular weight is 417 g/mol. The van der Waals surface area contributed by atoms with Crippen LogP contribution < -0.4 is 10.1 Å². The molecular formula is C16H14Cl2N2O5S. The van der Waals surface area contributed by atoms with Crippen LogP contribution in [0.2, 0.25) is 10.0 Å². The molecule has 0 saturated carbocycles. The number of fused-ring (bicyclic) bond motifs is 1. The number of aliphatic carboxylic acids is 1. The Morgan fingerprint density at radius 2 is 2.04 bits per heavy atom. The van der Waals surface area contributed by atoms with E-state index in [-0.39, 0.29) is 27.2 Å². The molecule has 0 aliphatic carbocycles. The van der Waals surface area contributed by atoms with E-state index in [4.69, 9.17) is 27.9 Å². The van der Waals surface area contributed by atoms with Gasteiger partial charge in [-0.05, 0) is 29.8 Å². The zero-order valence-corrected chi connectivity index (χ0v) is 15.8. The fourth-order valence-electron chi connectivity index (χ4n) is 2.72. The molecule has 0 bridgehead atoms. The Hall–Kier alpha value is -2.00. The number of benzene rings is 2. The van der Waals surface area contributed by atoms with Crippen molar-refractivity contribution in [3.05, 3.63) is 52.0 Å². The predicted molar refractivity (Wildman–Crippen MR) is 97.2 cm³/mol. The number of hydrogen-bond donors (Lipinski definition) is 2. The van der Waals surface area contributed by atoms with E-state index in [0.717, 1.165) is 4.31 Å². The van der Waals surface area contributed by atoms with E-state index in [1.54, 1.807) is 24.3 Å². The molecule has 3 rings (SSSR count). The highest BCUT2D eigenvalue weighted by molar-refractivity contribution is 7.89. The second kappa shape index (κ2) is 6.96. The Balaban J connectivity index is 2.11. The van der Waals surface area contributed by atoms with Crippen LogP contribution in [0.4, 0.5) is 5.69 Å². The van der Waals surface area contributed by atoms with Gasteiger partial charge in [-0.15, -0.1) is 0 Å². The van der Waals surface area contributed by atoms with Crippen LogP contribution in [-0.2, 0) is 21.4 Å². The molecule has 1 atom stereocenters. The molecule has 1 heterocycles. The van der Waals surface area contributed by atoms with E-state index in [0.29, 0.717) is 11.3 Å². The molecule has 10 heteroatoms. The van der Waals surface area contributed by atoms with Crippen LogP contribution in [0.3, 0.4) is 0 Å². The molecular weight excluding hydrogens is 403 g/mol. The van der Waals surface area contributed by atoms with E-state index in [2.05, 4.69) is 5.32 Å². The minimum Gasteiger partial charge on any atom is -0.497 e. The van der Waals surface area contributed by atoms with Crippen LogP contribution in [0.5, 0.6) is 5.75 Å². The molecule has 138 valence electrons. The van der Waals surface area contributed by atoms with E-state index < -0.39 is 22.2 Å². The topological polar surface area (TPSA) is 95.9 Å². The highest BCUT2D eigenvalue weighted by Crippen LogP contribution is 2.40. The molecule has 1 aliphatic heterocycles. The fraction of sp³-hybridized carbons (Fsp3) is 0.188. The van der Waals surface area contributed by atoms with E-state index >= 15 is 0 Å². The third kappa shape index (κ3) is 3.33. The minimum atomic E-state index is -4.18. The normalized spacial score (nSPS) is 18.7. The zero-order chi connectivity index (χ0) is 19.1. The van der Waals surface area contributed by atoms with Gasteiger partial charge in [-0.25, -0.2) is 13.2 Å². The van der Waals surface area contributed by atoms with E-state index in [1.807, 2.05) is 0 Å². The van der Waals surface area contributed by atoms with Gasteiger partial charge in [0, 0.05) is 11.6 Å². The highest BCUT2D eigenvalue weighted by Gasteiger charge is 2.43. The second-order valence-corrected chi connectivity index (χ2v) is 8.22. The van der Waals surface area contributed by atoms with E-state index in [1.165, 1.54) is 19.2 Å². The summed E-state index contributed by atoms with van der Waals surface area (Å²) < 4.78 is 32.1. The summed E-state index contributed by atoms with van der Waals surface area (Å²) in [6.07, 6.45) is -1.51. The second-order valence-electron chi connectivity index (χ2n) is 5.55. The van der Waals surface area contributed by atoms with E-state index in [9.17, 15) is 18.3 Å². The Kier molecular flexibility index (Phi) is 5.03. The summed E-state index contributed by atoms with van der Waals surface area (Å²) in [6, 6.07) is 9.33. The lowest BCUT2D eigenvalue weighted by molar-refractivity contribution is -0.140. The molecule has 2 N–H and O–H groups in total. The number of anilines is 1. The van der Waals surface area contributed by atoms with Crippen LogP contribution >= 0.6 is 23.2 Å². The van der Waals surface area contributed by atoms with Crippen molar-refractivity contribution in [3.63, 3.8) is 0 Å². The lowest BCUT2D eigenvalue weighted by atomic mass is 10.2. The molecule has 0 radical (unpaired) electrons. The Labute approximate surface area is 160 Å². The SMILES string of the molecule is COc1cccc(CN2C(C(=O)O)Nc3cc(Cl)cc(Cl)c3S2(=O)=O)c1. The maximum Gasteiger partial charge on any atom is 0.342 e. The molecule has 2 aromatic carbocycles. The van der Waals surface area contributed by atoms with Crippen LogP contribution in [0.15, 0.2) is 41.3 Å². The van der Waals surface area contributed by atoms with Crippen LogP contribution in [-0.4, -0.2) is 37.1 Å². The van der Waals surface area contributed by atoms with Gasteiger partial charge in [0.2, 0.25) is 10.0 Å². The smallest absolute Gasteiger partial charge is 0.342 e. The molecule has 0 spiro atoms. The van der Waals surface area contributed by atoms with Crippen molar-refractivity contribution in [2.24, 2.45) is 0 Å². The summed E-state index contributed by atoms with van der Waals surface area (Å²) in [5.41, 5.74) is 0.617. The molecule has 7 nitrogen and oxygen atoms in total. The summed E-state index contributed by atoms with van der Waals surface area (Å²) in [6.45, 7) is -0.179. The lowest BCUT2D eigenvalue weighted by Crippen LogP contribution is -2.52. The third-order valence-electron chi connectivity index (χ3n) is 3.86. The van der Waals surface area contributed by atoms with Crippen LogP contribution in [0.25, 0.3) is 0 Å². The van der Waals surface area contributed by atoms with Crippen molar-refractivity contribution in [1.29, 1.82) is 0 Å². The Bertz CT molecular complexity index is 981. The van der Waals surface area contributed by atoms with Crippen molar-refractivity contribution in [1.82, 2.24) is 4.31 Å². The number of nitrogens with zero attached hydrogens (tertiary/aromatic N) is 1. The van der Waals surface area contributed by atoms with Gasteiger partial charge in [-0.3, -0.25) is 0 Å². The van der Waals surface area contributed by atoms with Gasteiger partial charge < -0.3 is 15.2 Å². The molecule has 0 aromatic heterocycles. The zero-order valence-electron chi connectivity index (χ0n) is 13.4. The van der Waals surface area contributed by atoms with Gasteiger partial charge in [0.1, 0.15) is 10.6 Å². The monoisotopic (exact) mass is 416 g/mol. The Morgan fingerprint density at radius 3 is 2.69 bits per heavy atom. The van der Waals surface area contributed by atoms with Crippen molar-refractivity contribution in [3.8, 4) is 5.75 Å². The third-order valence-corrected chi connectivity index (χ3v) is 6.40. The summed E-state index contributed by atoms with van der Waals surface area (Å²) in [7, 11) is -2.70. The maximum atomic E-state index is 13.1. The first-order valence-electron chi connectivity index (χ1n) is 7.37. The first-order valence-corrected chi connectivity index (χ1v) is 9.57. The molecule has 1 aliphatic rings. The number of methoxy groups -OCH3 is 1. The van der Waals surface area contributed by atoms with Gasteiger partial charge in [0.15, 0.2) is 6.17 Å². The summed E-state index contributed by atoms with van der Waals surface area (Å²) in [5.74, 6) is -0.819. The van der Waals surface area contributed by atoms with Crippen molar-refractivity contribution in [2.75, 3.05) is 12.4 Å². The number of sulfonamides is 1. The molecule has 0 saturated heterocycles. The molecule has 2 aromatic rings. The predicted octanol–water partition coefficient (Wildman–Crippen LogP) is 3.03. The number of carboxylic acids is 1. The number of halogens is 2. The molecule has 0 amide bonds.